The minimum Gasteiger partial charge on any atom is -0.370 e. The second-order valence-electron chi connectivity index (χ2n) is 6.70. The maximum absolute atomic E-state index is 12.5. The highest BCUT2D eigenvalue weighted by Gasteiger charge is 2.42. The van der Waals surface area contributed by atoms with Crippen molar-refractivity contribution in [2.75, 3.05) is 44.3 Å². The third kappa shape index (κ3) is 4.01. The summed E-state index contributed by atoms with van der Waals surface area (Å²) in [6.07, 6.45) is 1.36. The Morgan fingerprint density at radius 1 is 1.21 bits per heavy atom. The first-order valence-electron chi connectivity index (χ1n) is 8.83. The topological polar surface area (TPSA) is 67.7 Å². The van der Waals surface area contributed by atoms with Crippen LogP contribution in [0.5, 0.6) is 0 Å². The number of hydrogen-bond acceptors (Lipinski definition) is 3. The molecule has 0 spiro atoms. The number of anilines is 1. The molecule has 24 heavy (non-hydrogen) atoms. The summed E-state index contributed by atoms with van der Waals surface area (Å²) >= 11 is 0. The van der Waals surface area contributed by atoms with Gasteiger partial charge in [-0.05, 0) is 19.1 Å². The molecule has 0 unspecified atom stereocenters. The van der Waals surface area contributed by atoms with E-state index in [4.69, 9.17) is 4.74 Å². The van der Waals surface area contributed by atoms with Gasteiger partial charge in [0.1, 0.15) is 13.1 Å². The Hall–Kier alpha value is -1.76. The zero-order chi connectivity index (χ0) is 16.9. The summed E-state index contributed by atoms with van der Waals surface area (Å²) < 4.78 is 5.36. The molecule has 6 heteroatoms. The van der Waals surface area contributed by atoms with Gasteiger partial charge in [0, 0.05) is 6.42 Å². The average molecular weight is 333 g/mol. The third-order valence-electron chi connectivity index (χ3n) is 4.86. The number of nitrogens with two attached hydrogens (primary N) is 1. The first-order valence-corrected chi connectivity index (χ1v) is 8.83. The summed E-state index contributed by atoms with van der Waals surface area (Å²) in [5.41, 5.74) is 1.80. The molecule has 0 saturated carbocycles. The van der Waals surface area contributed by atoms with Gasteiger partial charge in [-0.2, -0.15) is 0 Å². The largest absolute Gasteiger partial charge is 0.370 e. The highest BCUT2D eigenvalue weighted by molar-refractivity contribution is 6.21. The van der Waals surface area contributed by atoms with E-state index in [0.29, 0.717) is 12.1 Å². The van der Waals surface area contributed by atoms with Gasteiger partial charge in [-0.1, -0.05) is 17.7 Å². The maximum Gasteiger partial charge on any atom is 0.292 e. The molecular formula is C18H27N3O3+2. The monoisotopic (exact) mass is 333 g/mol. The van der Waals surface area contributed by atoms with Gasteiger partial charge in [0.05, 0.1) is 38.4 Å². The Morgan fingerprint density at radius 3 is 2.62 bits per heavy atom. The lowest BCUT2D eigenvalue weighted by atomic mass is 10.2. The summed E-state index contributed by atoms with van der Waals surface area (Å²) in [6, 6.07) is 7.28. The minimum absolute atomic E-state index is 0.0810. The second kappa shape index (κ2) is 7.88. The lowest BCUT2D eigenvalue weighted by Crippen LogP contribution is -3.14. The molecule has 2 saturated heterocycles. The van der Waals surface area contributed by atoms with Crippen LogP contribution >= 0.6 is 0 Å². The van der Waals surface area contributed by atoms with Gasteiger partial charge in [0.2, 0.25) is 5.91 Å². The van der Waals surface area contributed by atoms with E-state index in [1.165, 1.54) is 4.90 Å². The first-order chi connectivity index (χ1) is 11.6. The van der Waals surface area contributed by atoms with Crippen LogP contribution in [0.3, 0.4) is 0 Å². The summed E-state index contributed by atoms with van der Waals surface area (Å²) in [4.78, 5) is 27.7. The molecule has 6 nitrogen and oxygen atoms in total. The predicted molar refractivity (Wildman–Crippen MR) is 89.9 cm³/mol. The number of imide groups is 1. The van der Waals surface area contributed by atoms with Crippen molar-refractivity contribution in [2.24, 2.45) is 0 Å². The molecule has 0 aliphatic carbocycles. The van der Waals surface area contributed by atoms with Gasteiger partial charge in [0.25, 0.3) is 5.91 Å². The van der Waals surface area contributed by atoms with Crippen LogP contribution in [0, 0.1) is 6.92 Å². The molecule has 130 valence electrons. The first kappa shape index (κ1) is 17.1. The Bertz CT molecular complexity index is 582. The van der Waals surface area contributed by atoms with Crippen molar-refractivity contribution in [1.29, 1.82) is 0 Å². The Kier molecular flexibility index (Phi) is 5.60. The van der Waals surface area contributed by atoms with Crippen LogP contribution < -0.4 is 15.1 Å². The van der Waals surface area contributed by atoms with Crippen LogP contribution in [0.15, 0.2) is 24.3 Å². The van der Waals surface area contributed by atoms with Crippen LogP contribution in [-0.4, -0.2) is 57.2 Å². The van der Waals surface area contributed by atoms with Crippen molar-refractivity contribution in [3.05, 3.63) is 29.8 Å². The van der Waals surface area contributed by atoms with E-state index in [1.807, 2.05) is 36.5 Å². The highest BCUT2D eigenvalue weighted by atomic mass is 16.5. The number of morpholine rings is 1. The van der Waals surface area contributed by atoms with Gasteiger partial charge >= 0.3 is 0 Å². The fourth-order valence-electron chi connectivity index (χ4n) is 3.39. The number of benzene rings is 1. The third-order valence-corrected chi connectivity index (χ3v) is 4.86. The normalized spacial score (nSPS) is 22.4. The van der Waals surface area contributed by atoms with Crippen LogP contribution in [0.1, 0.15) is 18.4 Å². The van der Waals surface area contributed by atoms with E-state index >= 15 is 0 Å². The number of nitrogens with zero attached hydrogens (tertiary/aromatic N) is 1. The van der Waals surface area contributed by atoms with Crippen LogP contribution in [0.2, 0.25) is 0 Å². The molecule has 0 bridgehead atoms. The van der Waals surface area contributed by atoms with Gasteiger partial charge < -0.3 is 15.0 Å². The van der Waals surface area contributed by atoms with E-state index in [-0.39, 0.29) is 17.9 Å². The molecule has 3 N–H and O–H groups in total. The summed E-state index contributed by atoms with van der Waals surface area (Å²) in [6.45, 7) is 7.82. The molecular weight excluding hydrogens is 306 g/mol. The standard InChI is InChI=1S/C18H25N3O3/c1-14-3-5-15(6-4-14)21-17(22)13-16(18(21)23)19-7-2-8-20-9-11-24-12-10-20/h3-6,16,19H,2,7-13H2,1H3/p+2/t16-/m1/s1. The van der Waals surface area contributed by atoms with Crippen molar-refractivity contribution >= 4 is 17.5 Å². The van der Waals surface area contributed by atoms with E-state index in [9.17, 15) is 9.59 Å². The van der Waals surface area contributed by atoms with Crippen molar-refractivity contribution in [3.8, 4) is 0 Å². The maximum atomic E-state index is 12.5. The zero-order valence-corrected chi connectivity index (χ0v) is 14.3. The number of carbonyl (C=O) groups is 2. The van der Waals surface area contributed by atoms with Crippen LogP contribution in [0.4, 0.5) is 5.69 Å². The molecule has 2 fully saturated rings. The molecule has 1 aromatic carbocycles. The smallest absolute Gasteiger partial charge is 0.292 e. The fraction of sp³-hybridized carbons (Fsp3) is 0.556. The van der Waals surface area contributed by atoms with Gasteiger partial charge in [-0.3, -0.25) is 9.59 Å². The highest BCUT2D eigenvalue weighted by Crippen LogP contribution is 2.21. The molecule has 1 atom stereocenters. The lowest BCUT2D eigenvalue weighted by Gasteiger charge is -2.23. The van der Waals surface area contributed by atoms with Gasteiger partial charge in [-0.15, -0.1) is 0 Å². The number of amides is 2. The summed E-state index contributed by atoms with van der Waals surface area (Å²) in [7, 11) is 0. The van der Waals surface area contributed by atoms with E-state index in [1.54, 1.807) is 4.90 Å². The SMILES string of the molecule is Cc1ccc(N2C(=O)C[C@@H]([NH2+]CCC[NH+]3CCOCC3)C2=O)cc1. The van der Waals surface area contributed by atoms with Crippen LogP contribution in [0.25, 0.3) is 0 Å². The number of quaternary nitrogens is 2. The number of hydrogen-bond donors (Lipinski definition) is 2. The number of aryl methyl sites for hydroxylation is 1. The van der Waals surface area contributed by atoms with Crippen molar-refractivity contribution < 1.29 is 24.5 Å². The summed E-state index contributed by atoms with van der Waals surface area (Å²) in [5, 5.41) is 2.04. The van der Waals surface area contributed by atoms with E-state index in [2.05, 4.69) is 0 Å². The molecule has 0 aromatic heterocycles. The second-order valence-corrected chi connectivity index (χ2v) is 6.70. The zero-order valence-electron chi connectivity index (χ0n) is 14.3. The van der Waals surface area contributed by atoms with E-state index in [0.717, 1.165) is 51.4 Å². The van der Waals surface area contributed by atoms with E-state index < -0.39 is 0 Å². The Balaban J connectivity index is 1.48. The minimum atomic E-state index is -0.265. The van der Waals surface area contributed by atoms with Gasteiger partial charge in [0.15, 0.2) is 6.04 Å². The molecule has 2 heterocycles. The average Bonchev–Trinajstić information content (AvgIpc) is 2.88. The lowest BCUT2D eigenvalue weighted by molar-refractivity contribution is -0.909. The molecule has 2 aliphatic heterocycles. The number of nitrogens with one attached hydrogen (secondary N) is 1. The van der Waals surface area contributed by atoms with Crippen molar-refractivity contribution in [2.45, 2.75) is 25.8 Å². The van der Waals surface area contributed by atoms with Crippen molar-refractivity contribution in [1.82, 2.24) is 0 Å². The molecule has 2 aliphatic rings. The van der Waals surface area contributed by atoms with Gasteiger partial charge in [-0.25, -0.2) is 4.90 Å². The number of ether oxygens (including phenoxy) is 1. The Morgan fingerprint density at radius 2 is 1.92 bits per heavy atom. The number of carbonyl (C=O) groups excluding carboxylic acids is 2. The van der Waals surface area contributed by atoms with Crippen molar-refractivity contribution in [3.63, 3.8) is 0 Å². The predicted octanol–water partition coefficient (Wildman–Crippen LogP) is -1.50. The fourth-order valence-corrected chi connectivity index (χ4v) is 3.39. The quantitative estimate of drug-likeness (QED) is 0.492. The molecule has 1 aromatic rings. The molecule has 2 amide bonds. The number of rotatable bonds is 6. The van der Waals surface area contributed by atoms with Crippen LogP contribution in [-0.2, 0) is 14.3 Å². The summed E-state index contributed by atoms with van der Waals surface area (Å²) in [5.74, 6) is -0.175. The molecule has 3 rings (SSSR count). The Labute approximate surface area is 142 Å². The molecule has 0 radical (unpaired) electrons.